The number of benzene rings is 7. The van der Waals surface area contributed by atoms with Crippen molar-refractivity contribution in [3.8, 4) is 39.7 Å². The molecule has 2 heterocycles. The standard InChI is InChI=1S/C44H26N4/c1-46-32-23-25-34(44(26-32)48-42-16-8-4-12-37(42)38-13-5-9-17-43(38)48)29-18-20-30(21-19-29)39-27-33(24-22-31(39)28-45)47-40-14-6-2-10-35(40)36-11-3-7-15-41(36)47/h2-27H. The van der Waals surface area contributed by atoms with E-state index in [2.05, 4.69) is 147 Å². The van der Waals surface area contributed by atoms with E-state index in [9.17, 15) is 5.26 Å². The van der Waals surface area contributed by atoms with E-state index in [0.717, 1.165) is 55.7 Å². The lowest BCUT2D eigenvalue weighted by atomic mass is 9.96. The van der Waals surface area contributed by atoms with Crippen LogP contribution in [-0.4, -0.2) is 9.13 Å². The first-order valence-corrected chi connectivity index (χ1v) is 15.9. The predicted molar refractivity (Wildman–Crippen MR) is 197 cm³/mol. The first kappa shape index (κ1) is 27.4. The summed E-state index contributed by atoms with van der Waals surface area (Å²) in [6.07, 6.45) is 0. The van der Waals surface area contributed by atoms with Crippen molar-refractivity contribution in [1.29, 1.82) is 5.26 Å². The molecule has 48 heavy (non-hydrogen) atoms. The molecule has 7 aromatic carbocycles. The van der Waals surface area contributed by atoms with Crippen LogP contribution >= 0.6 is 0 Å². The smallest absolute Gasteiger partial charge is 0.189 e. The van der Waals surface area contributed by atoms with Crippen LogP contribution in [0.25, 0.3) is 82.1 Å². The van der Waals surface area contributed by atoms with Crippen molar-refractivity contribution in [2.75, 3.05) is 0 Å². The lowest BCUT2D eigenvalue weighted by molar-refractivity contribution is 1.18. The number of para-hydroxylation sites is 4. The number of aromatic nitrogens is 2. The van der Waals surface area contributed by atoms with Gasteiger partial charge in [-0.15, -0.1) is 0 Å². The van der Waals surface area contributed by atoms with E-state index in [1.165, 1.54) is 21.5 Å². The Kier molecular flexibility index (Phi) is 6.22. The van der Waals surface area contributed by atoms with Crippen molar-refractivity contribution >= 4 is 49.3 Å². The summed E-state index contributed by atoms with van der Waals surface area (Å²) in [5, 5.41) is 14.9. The molecule has 0 saturated carbocycles. The van der Waals surface area contributed by atoms with E-state index in [-0.39, 0.29) is 0 Å². The van der Waals surface area contributed by atoms with Crippen LogP contribution in [-0.2, 0) is 0 Å². The Morgan fingerprint density at radius 2 is 0.958 bits per heavy atom. The second-order valence-corrected chi connectivity index (χ2v) is 12.0. The molecule has 0 aliphatic heterocycles. The van der Waals surface area contributed by atoms with Crippen molar-refractivity contribution in [3.63, 3.8) is 0 Å². The zero-order valence-corrected chi connectivity index (χ0v) is 25.8. The molecule has 0 fully saturated rings. The molecule has 0 bridgehead atoms. The van der Waals surface area contributed by atoms with Crippen LogP contribution < -0.4 is 0 Å². The average molecular weight is 611 g/mol. The number of rotatable bonds is 4. The van der Waals surface area contributed by atoms with Crippen LogP contribution in [0.4, 0.5) is 5.69 Å². The third-order valence-electron chi connectivity index (χ3n) is 9.40. The zero-order valence-electron chi connectivity index (χ0n) is 25.8. The van der Waals surface area contributed by atoms with E-state index in [1.807, 2.05) is 30.3 Å². The van der Waals surface area contributed by atoms with Gasteiger partial charge in [0.1, 0.15) is 0 Å². The molecular formula is C44H26N4. The minimum Gasteiger partial charge on any atom is -0.310 e. The van der Waals surface area contributed by atoms with Gasteiger partial charge in [0.2, 0.25) is 0 Å². The molecule has 0 aliphatic carbocycles. The maximum absolute atomic E-state index is 10.2. The van der Waals surface area contributed by atoms with E-state index in [4.69, 9.17) is 6.57 Å². The normalized spacial score (nSPS) is 11.3. The molecule has 9 rings (SSSR count). The van der Waals surface area contributed by atoms with Crippen molar-refractivity contribution in [3.05, 3.63) is 175 Å². The Morgan fingerprint density at radius 3 is 1.46 bits per heavy atom. The molecule has 0 aliphatic rings. The highest BCUT2D eigenvalue weighted by molar-refractivity contribution is 6.10. The zero-order chi connectivity index (χ0) is 32.2. The van der Waals surface area contributed by atoms with Crippen LogP contribution in [0.3, 0.4) is 0 Å². The lowest BCUT2D eigenvalue weighted by Crippen LogP contribution is -1.97. The predicted octanol–water partition coefficient (Wildman–Crippen LogP) is 11.6. The van der Waals surface area contributed by atoms with Crippen molar-refractivity contribution < 1.29 is 0 Å². The van der Waals surface area contributed by atoms with Crippen molar-refractivity contribution in [2.45, 2.75) is 0 Å². The topological polar surface area (TPSA) is 38.0 Å². The van der Waals surface area contributed by atoms with Gasteiger partial charge in [-0.3, -0.25) is 0 Å². The Balaban J connectivity index is 1.20. The molecule has 0 unspecified atom stereocenters. The molecule has 2 aromatic heterocycles. The maximum atomic E-state index is 10.2. The van der Waals surface area contributed by atoms with E-state index in [0.29, 0.717) is 11.3 Å². The second kappa shape index (κ2) is 10.9. The van der Waals surface area contributed by atoms with Crippen LogP contribution in [0.2, 0.25) is 0 Å². The van der Waals surface area contributed by atoms with Gasteiger partial charge >= 0.3 is 0 Å². The number of nitrogens with zero attached hydrogens (tertiary/aromatic N) is 4. The molecule has 9 aromatic rings. The van der Waals surface area contributed by atoms with Crippen LogP contribution in [0.5, 0.6) is 0 Å². The van der Waals surface area contributed by atoms with Gasteiger partial charge in [0, 0.05) is 44.0 Å². The van der Waals surface area contributed by atoms with Crippen molar-refractivity contribution in [1.82, 2.24) is 9.13 Å². The van der Waals surface area contributed by atoms with Crippen LogP contribution in [0.15, 0.2) is 158 Å². The number of nitriles is 1. The summed E-state index contributed by atoms with van der Waals surface area (Å²) in [5.74, 6) is 0. The Bertz CT molecular complexity index is 2690. The van der Waals surface area contributed by atoms with Gasteiger partial charge in [0.05, 0.1) is 40.3 Å². The summed E-state index contributed by atoms with van der Waals surface area (Å²) in [4.78, 5) is 3.78. The fourth-order valence-electron chi connectivity index (χ4n) is 7.24. The average Bonchev–Trinajstić information content (AvgIpc) is 3.67. The maximum Gasteiger partial charge on any atom is 0.189 e. The molecule has 4 heteroatoms. The van der Waals surface area contributed by atoms with E-state index >= 15 is 0 Å². The molecule has 0 amide bonds. The van der Waals surface area contributed by atoms with Crippen molar-refractivity contribution in [2.24, 2.45) is 0 Å². The van der Waals surface area contributed by atoms with Gasteiger partial charge in [0.25, 0.3) is 0 Å². The second-order valence-electron chi connectivity index (χ2n) is 12.0. The Morgan fingerprint density at radius 1 is 0.479 bits per heavy atom. The van der Waals surface area contributed by atoms with Gasteiger partial charge in [0.15, 0.2) is 5.69 Å². The number of hydrogen-bond acceptors (Lipinski definition) is 1. The quantitative estimate of drug-likeness (QED) is 0.183. The number of fused-ring (bicyclic) bond motifs is 6. The largest absolute Gasteiger partial charge is 0.310 e. The first-order valence-electron chi connectivity index (χ1n) is 15.9. The highest BCUT2D eigenvalue weighted by Gasteiger charge is 2.17. The minimum absolute atomic E-state index is 0.591. The highest BCUT2D eigenvalue weighted by atomic mass is 15.0. The Labute approximate surface area is 277 Å². The summed E-state index contributed by atoms with van der Waals surface area (Å²) in [7, 11) is 0. The van der Waals surface area contributed by atoms with Crippen LogP contribution in [0.1, 0.15) is 5.56 Å². The first-order chi connectivity index (χ1) is 23.7. The number of hydrogen-bond donors (Lipinski definition) is 0. The summed E-state index contributed by atoms with van der Waals surface area (Å²) in [6, 6.07) is 56.6. The van der Waals surface area contributed by atoms with E-state index < -0.39 is 0 Å². The molecular weight excluding hydrogens is 585 g/mol. The molecule has 0 atom stereocenters. The lowest BCUT2D eigenvalue weighted by Gasteiger charge is -2.16. The van der Waals surface area contributed by atoms with Gasteiger partial charge in [-0.2, -0.15) is 5.26 Å². The third kappa shape index (κ3) is 4.14. The summed E-state index contributed by atoms with van der Waals surface area (Å²) < 4.78 is 4.55. The Hall–Kier alpha value is -6.88. The SMILES string of the molecule is [C-]#[N+]c1ccc(-c2ccc(-c3cc(-n4c5ccccc5c5ccccc54)ccc3C#N)cc2)c(-n2c3ccccc3c3ccccc32)c1. The van der Waals surface area contributed by atoms with Gasteiger partial charge < -0.3 is 9.13 Å². The van der Waals surface area contributed by atoms with Gasteiger partial charge in [-0.25, -0.2) is 4.85 Å². The molecule has 0 radical (unpaired) electrons. The fraction of sp³-hybridized carbons (Fsp3) is 0. The third-order valence-corrected chi connectivity index (χ3v) is 9.40. The monoisotopic (exact) mass is 610 g/mol. The summed E-state index contributed by atoms with van der Waals surface area (Å²) in [6.45, 7) is 7.77. The summed E-state index contributed by atoms with van der Waals surface area (Å²) >= 11 is 0. The fourth-order valence-corrected chi connectivity index (χ4v) is 7.24. The van der Waals surface area contributed by atoms with E-state index in [1.54, 1.807) is 0 Å². The molecule has 222 valence electrons. The van der Waals surface area contributed by atoms with Gasteiger partial charge in [-0.1, -0.05) is 109 Å². The molecule has 0 N–H and O–H groups in total. The molecule has 4 nitrogen and oxygen atoms in total. The van der Waals surface area contributed by atoms with Gasteiger partial charge in [-0.05, 0) is 59.7 Å². The van der Waals surface area contributed by atoms with Crippen LogP contribution in [0, 0.1) is 17.9 Å². The molecule has 0 saturated heterocycles. The minimum atomic E-state index is 0.591. The highest BCUT2D eigenvalue weighted by Crippen LogP contribution is 2.39. The molecule has 0 spiro atoms. The summed E-state index contributed by atoms with van der Waals surface area (Å²) in [5.41, 5.74) is 11.5.